The zero-order valence-electron chi connectivity index (χ0n) is 11.4. The lowest BCUT2D eigenvalue weighted by molar-refractivity contribution is 0.239. The minimum atomic E-state index is -0.148. The topological polar surface area (TPSA) is 41.6 Å². The molecule has 2 aromatic carbocycles. The predicted molar refractivity (Wildman–Crippen MR) is 83.0 cm³/mol. The zero-order valence-corrected chi connectivity index (χ0v) is 12.1. The van der Waals surface area contributed by atoms with Crippen molar-refractivity contribution in [2.24, 2.45) is 0 Å². The molecule has 0 aromatic heterocycles. The van der Waals surface area contributed by atoms with Crippen LogP contribution in [-0.4, -0.2) is 19.2 Å². The molecule has 21 heavy (non-hydrogen) atoms. The Morgan fingerprint density at radius 1 is 1.24 bits per heavy atom. The fraction of sp³-hybridized carbons (Fsp3) is 0.188. The van der Waals surface area contributed by atoms with E-state index in [4.69, 9.17) is 16.3 Å². The lowest BCUT2D eigenvalue weighted by Crippen LogP contribution is -2.44. The largest absolute Gasteiger partial charge is 0.490 e. The van der Waals surface area contributed by atoms with Gasteiger partial charge in [0, 0.05) is 11.6 Å². The number of carbonyl (C=O) groups excluding carboxylic acids is 1. The van der Waals surface area contributed by atoms with Crippen LogP contribution in [0.4, 0.5) is 10.5 Å². The van der Waals surface area contributed by atoms with Gasteiger partial charge in [0.2, 0.25) is 0 Å². The Balaban J connectivity index is 1.73. The van der Waals surface area contributed by atoms with Gasteiger partial charge in [0.1, 0.15) is 12.4 Å². The molecule has 1 aliphatic rings. The number of amides is 2. The second-order valence-electron chi connectivity index (χ2n) is 4.76. The minimum absolute atomic E-state index is 0.148. The number of anilines is 1. The van der Waals surface area contributed by atoms with Crippen LogP contribution >= 0.6 is 11.6 Å². The molecule has 0 bridgehead atoms. The minimum Gasteiger partial charge on any atom is -0.490 e. The molecule has 0 saturated heterocycles. The highest BCUT2D eigenvalue weighted by molar-refractivity contribution is 6.31. The fourth-order valence-corrected chi connectivity index (χ4v) is 2.44. The summed E-state index contributed by atoms with van der Waals surface area (Å²) in [7, 11) is 0. The van der Waals surface area contributed by atoms with Gasteiger partial charge in [-0.2, -0.15) is 0 Å². The summed E-state index contributed by atoms with van der Waals surface area (Å²) in [5, 5.41) is 3.50. The van der Waals surface area contributed by atoms with Gasteiger partial charge < -0.3 is 10.1 Å². The highest BCUT2D eigenvalue weighted by Gasteiger charge is 2.23. The first-order chi connectivity index (χ1) is 10.2. The van der Waals surface area contributed by atoms with Crippen LogP contribution in [0.5, 0.6) is 5.75 Å². The van der Waals surface area contributed by atoms with Gasteiger partial charge in [0.15, 0.2) is 0 Å². The number of hydrogen-bond donors (Lipinski definition) is 1. The molecule has 0 spiro atoms. The lowest BCUT2D eigenvalue weighted by atomic mass is 10.2. The van der Waals surface area contributed by atoms with Crippen molar-refractivity contribution in [3.63, 3.8) is 0 Å². The van der Waals surface area contributed by atoms with Crippen molar-refractivity contribution in [1.29, 1.82) is 0 Å². The highest BCUT2D eigenvalue weighted by Crippen LogP contribution is 2.33. The van der Waals surface area contributed by atoms with Gasteiger partial charge in [0.05, 0.1) is 12.2 Å². The average Bonchev–Trinajstić information content (AvgIpc) is 2.53. The van der Waals surface area contributed by atoms with Crippen molar-refractivity contribution < 1.29 is 9.53 Å². The van der Waals surface area contributed by atoms with Crippen LogP contribution in [0.3, 0.4) is 0 Å². The van der Waals surface area contributed by atoms with Crippen LogP contribution in [0.1, 0.15) is 5.56 Å². The molecule has 1 heterocycles. The Labute approximate surface area is 128 Å². The quantitative estimate of drug-likeness (QED) is 0.923. The summed E-state index contributed by atoms with van der Waals surface area (Å²) in [5.41, 5.74) is 1.77. The number of ether oxygens (including phenoxy) is 1. The van der Waals surface area contributed by atoms with Gasteiger partial charge >= 0.3 is 6.03 Å². The van der Waals surface area contributed by atoms with Crippen molar-refractivity contribution in [1.82, 2.24) is 5.32 Å². The molecule has 2 aromatic rings. The molecule has 0 unspecified atom stereocenters. The summed E-state index contributed by atoms with van der Waals surface area (Å²) in [6.07, 6.45) is 0. The van der Waals surface area contributed by atoms with Crippen molar-refractivity contribution in [2.45, 2.75) is 6.54 Å². The molecular weight excluding hydrogens is 288 g/mol. The van der Waals surface area contributed by atoms with Crippen LogP contribution in [0.25, 0.3) is 0 Å². The van der Waals surface area contributed by atoms with Gasteiger partial charge in [-0.05, 0) is 23.8 Å². The smallest absolute Gasteiger partial charge is 0.322 e. The number of rotatable bonds is 2. The third-order valence-electron chi connectivity index (χ3n) is 3.32. The summed E-state index contributed by atoms with van der Waals surface area (Å²) in [5.74, 6) is 0.681. The first-order valence-electron chi connectivity index (χ1n) is 6.76. The van der Waals surface area contributed by atoms with Gasteiger partial charge in [0.25, 0.3) is 0 Å². The summed E-state index contributed by atoms with van der Waals surface area (Å²) in [6.45, 7) is 1.48. The molecule has 0 aliphatic carbocycles. The zero-order chi connectivity index (χ0) is 14.7. The van der Waals surface area contributed by atoms with Crippen LogP contribution in [0, 0.1) is 0 Å². The number of halogens is 1. The first-order valence-corrected chi connectivity index (χ1v) is 7.13. The molecule has 108 valence electrons. The molecular formula is C16H15ClN2O2. The first kappa shape index (κ1) is 13.8. The van der Waals surface area contributed by atoms with Crippen molar-refractivity contribution >= 4 is 23.3 Å². The Morgan fingerprint density at radius 3 is 2.86 bits per heavy atom. The summed E-state index contributed by atoms with van der Waals surface area (Å²) >= 11 is 6.01. The molecule has 0 saturated carbocycles. The third kappa shape index (κ3) is 3.11. The van der Waals surface area contributed by atoms with Gasteiger partial charge in [-0.3, -0.25) is 4.90 Å². The second-order valence-corrected chi connectivity index (χ2v) is 5.19. The van der Waals surface area contributed by atoms with E-state index in [9.17, 15) is 4.79 Å². The number of carbonyl (C=O) groups is 1. The molecule has 5 heteroatoms. The standard InChI is InChI=1S/C16H15ClN2O2/c17-13-6-7-15-14(10-13)19(8-9-21-15)16(20)18-11-12-4-2-1-3-5-12/h1-7,10H,8-9,11H2,(H,18,20). The van der Waals surface area contributed by atoms with Crippen LogP contribution < -0.4 is 15.0 Å². The lowest BCUT2D eigenvalue weighted by Gasteiger charge is -2.29. The van der Waals surface area contributed by atoms with E-state index in [0.29, 0.717) is 36.2 Å². The van der Waals surface area contributed by atoms with E-state index in [1.807, 2.05) is 30.3 Å². The Morgan fingerprint density at radius 2 is 2.05 bits per heavy atom. The number of urea groups is 1. The highest BCUT2D eigenvalue weighted by atomic mass is 35.5. The normalized spacial score (nSPS) is 13.3. The van der Waals surface area contributed by atoms with E-state index in [-0.39, 0.29) is 6.03 Å². The van der Waals surface area contributed by atoms with Crippen molar-refractivity contribution in [2.75, 3.05) is 18.1 Å². The van der Waals surface area contributed by atoms with Crippen LogP contribution in [0.2, 0.25) is 5.02 Å². The predicted octanol–water partition coefficient (Wildman–Crippen LogP) is 3.45. The number of benzene rings is 2. The molecule has 0 radical (unpaired) electrons. The van der Waals surface area contributed by atoms with Crippen molar-refractivity contribution in [3.8, 4) is 5.75 Å². The van der Waals surface area contributed by atoms with E-state index < -0.39 is 0 Å². The Kier molecular flexibility index (Phi) is 3.97. The third-order valence-corrected chi connectivity index (χ3v) is 3.55. The molecule has 4 nitrogen and oxygen atoms in total. The molecule has 1 aliphatic heterocycles. The summed E-state index contributed by atoms with van der Waals surface area (Å²) < 4.78 is 5.54. The van der Waals surface area contributed by atoms with E-state index in [1.165, 1.54) is 0 Å². The fourth-order valence-electron chi connectivity index (χ4n) is 2.27. The average molecular weight is 303 g/mol. The number of fused-ring (bicyclic) bond motifs is 1. The SMILES string of the molecule is O=C(NCc1ccccc1)N1CCOc2ccc(Cl)cc21. The molecule has 1 N–H and O–H groups in total. The molecule has 0 atom stereocenters. The maximum Gasteiger partial charge on any atom is 0.322 e. The summed E-state index contributed by atoms with van der Waals surface area (Å²) in [4.78, 5) is 14.0. The molecule has 0 fully saturated rings. The number of nitrogens with zero attached hydrogens (tertiary/aromatic N) is 1. The number of hydrogen-bond acceptors (Lipinski definition) is 2. The monoisotopic (exact) mass is 302 g/mol. The van der Waals surface area contributed by atoms with E-state index >= 15 is 0 Å². The van der Waals surface area contributed by atoms with E-state index in [2.05, 4.69) is 5.32 Å². The Bertz CT molecular complexity index is 646. The van der Waals surface area contributed by atoms with Gasteiger partial charge in [-0.1, -0.05) is 41.9 Å². The Hall–Kier alpha value is -2.20. The molecule has 2 amide bonds. The van der Waals surface area contributed by atoms with Crippen LogP contribution in [-0.2, 0) is 6.54 Å². The van der Waals surface area contributed by atoms with Gasteiger partial charge in [-0.25, -0.2) is 4.79 Å². The number of nitrogens with one attached hydrogen (secondary N) is 1. The maximum atomic E-state index is 12.4. The second kappa shape index (κ2) is 6.06. The van der Waals surface area contributed by atoms with E-state index in [0.717, 1.165) is 5.56 Å². The molecule has 3 rings (SSSR count). The maximum absolute atomic E-state index is 12.4. The van der Waals surface area contributed by atoms with Crippen LogP contribution in [0.15, 0.2) is 48.5 Å². The summed E-state index contributed by atoms with van der Waals surface area (Å²) in [6, 6.07) is 14.9. The van der Waals surface area contributed by atoms with E-state index in [1.54, 1.807) is 23.1 Å². The van der Waals surface area contributed by atoms with Gasteiger partial charge in [-0.15, -0.1) is 0 Å². The van der Waals surface area contributed by atoms with Crippen molar-refractivity contribution in [3.05, 3.63) is 59.1 Å².